The van der Waals surface area contributed by atoms with Crippen molar-refractivity contribution >= 4 is 21.7 Å². The predicted octanol–water partition coefficient (Wildman–Crippen LogP) is 2.09. The number of nitrogens with zero attached hydrogens (tertiary/aromatic N) is 3. The summed E-state index contributed by atoms with van der Waals surface area (Å²) in [6, 6.07) is 1.94. The lowest BCUT2D eigenvalue weighted by molar-refractivity contribution is 0.781. The SMILES string of the molecule is CCCN(CCBr)c1ccncn1. The Kier molecular flexibility index (Phi) is 4.75. The Bertz CT molecular complexity index is 222. The third-order valence-electron chi connectivity index (χ3n) is 1.74. The van der Waals surface area contributed by atoms with Gasteiger partial charge in [-0.25, -0.2) is 9.97 Å². The van der Waals surface area contributed by atoms with Gasteiger partial charge >= 0.3 is 0 Å². The maximum Gasteiger partial charge on any atom is 0.131 e. The molecule has 1 heterocycles. The number of rotatable bonds is 5. The molecule has 4 heteroatoms. The van der Waals surface area contributed by atoms with Gasteiger partial charge in [0.15, 0.2) is 0 Å². The Morgan fingerprint density at radius 2 is 2.31 bits per heavy atom. The van der Waals surface area contributed by atoms with Crippen molar-refractivity contribution < 1.29 is 0 Å². The zero-order valence-electron chi connectivity index (χ0n) is 7.78. The van der Waals surface area contributed by atoms with Gasteiger partial charge < -0.3 is 4.90 Å². The molecule has 0 N–H and O–H groups in total. The molecule has 1 rings (SSSR count). The van der Waals surface area contributed by atoms with Gasteiger partial charge in [0.05, 0.1) is 0 Å². The molecule has 1 aromatic heterocycles. The van der Waals surface area contributed by atoms with Gasteiger partial charge in [-0.1, -0.05) is 22.9 Å². The lowest BCUT2D eigenvalue weighted by Crippen LogP contribution is -2.26. The minimum atomic E-state index is 0.969. The zero-order chi connectivity index (χ0) is 9.52. The van der Waals surface area contributed by atoms with Gasteiger partial charge in [-0.15, -0.1) is 0 Å². The summed E-state index contributed by atoms with van der Waals surface area (Å²) in [6.07, 6.45) is 4.50. The molecule has 72 valence electrons. The highest BCUT2D eigenvalue weighted by atomic mass is 79.9. The van der Waals surface area contributed by atoms with Crippen LogP contribution < -0.4 is 4.90 Å². The smallest absolute Gasteiger partial charge is 0.131 e. The fraction of sp³-hybridized carbons (Fsp3) is 0.556. The molecule has 0 spiro atoms. The monoisotopic (exact) mass is 243 g/mol. The van der Waals surface area contributed by atoms with E-state index >= 15 is 0 Å². The molecular formula is C9H14BrN3. The molecule has 0 radical (unpaired) electrons. The molecule has 0 unspecified atom stereocenters. The Morgan fingerprint density at radius 3 is 2.85 bits per heavy atom. The normalized spacial score (nSPS) is 10.0. The van der Waals surface area contributed by atoms with Gasteiger partial charge in [-0.3, -0.25) is 0 Å². The Labute approximate surface area is 87.3 Å². The quantitative estimate of drug-likeness (QED) is 0.742. The van der Waals surface area contributed by atoms with Crippen molar-refractivity contribution in [3.8, 4) is 0 Å². The lowest BCUT2D eigenvalue weighted by Gasteiger charge is -2.21. The second-order valence-electron chi connectivity index (χ2n) is 2.74. The summed E-state index contributed by atoms with van der Waals surface area (Å²) >= 11 is 3.43. The molecule has 1 aromatic rings. The van der Waals surface area contributed by atoms with E-state index in [9.17, 15) is 0 Å². The summed E-state index contributed by atoms with van der Waals surface area (Å²) < 4.78 is 0. The molecule has 0 bridgehead atoms. The summed E-state index contributed by atoms with van der Waals surface area (Å²) in [5.74, 6) is 1.01. The second-order valence-corrected chi connectivity index (χ2v) is 3.54. The summed E-state index contributed by atoms with van der Waals surface area (Å²) in [6.45, 7) is 4.20. The van der Waals surface area contributed by atoms with E-state index in [4.69, 9.17) is 0 Å². The molecule has 0 aliphatic carbocycles. The maximum atomic E-state index is 4.21. The van der Waals surface area contributed by atoms with Crippen LogP contribution in [-0.2, 0) is 0 Å². The third kappa shape index (κ3) is 3.30. The second kappa shape index (κ2) is 5.91. The highest BCUT2D eigenvalue weighted by Gasteiger charge is 2.04. The van der Waals surface area contributed by atoms with Crippen molar-refractivity contribution in [2.45, 2.75) is 13.3 Å². The number of anilines is 1. The first kappa shape index (κ1) is 10.4. The summed E-state index contributed by atoms with van der Waals surface area (Å²) in [5, 5.41) is 0.969. The van der Waals surface area contributed by atoms with Crippen molar-refractivity contribution in [3.05, 3.63) is 18.6 Å². The fourth-order valence-electron chi connectivity index (χ4n) is 1.18. The highest BCUT2D eigenvalue weighted by Crippen LogP contribution is 2.08. The average molecular weight is 244 g/mol. The first-order valence-electron chi connectivity index (χ1n) is 4.45. The molecule has 0 amide bonds. The predicted molar refractivity (Wildman–Crippen MR) is 58.3 cm³/mol. The van der Waals surface area contributed by atoms with Gasteiger partial charge in [0.25, 0.3) is 0 Å². The van der Waals surface area contributed by atoms with E-state index in [1.807, 2.05) is 6.07 Å². The van der Waals surface area contributed by atoms with Crippen LogP contribution in [0, 0.1) is 0 Å². The lowest BCUT2D eigenvalue weighted by atomic mass is 10.4. The number of hydrogen-bond acceptors (Lipinski definition) is 3. The van der Waals surface area contributed by atoms with Crippen molar-refractivity contribution in [3.63, 3.8) is 0 Å². The summed E-state index contributed by atoms with van der Waals surface area (Å²) in [5.41, 5.74) is 0. The minimum Gasteiger partial charge on any atom is -0.356 e. The van der Waals surface area contributed by atoms with Crippen LogP contribution in [0.4, 0.5) is 5.82 Å². The molecule has 0 atom stereocenters. The number of hydrogen-bond donors (Lipinski definition) is 0. The van der Waals surface area contributed by atoms with Crippen molar-refractivity contribution in [2.24, 2.45) is 0 Å². The number of alkyl halides is 1. The van der Waals surface area contributed by atoms with Gasteiger partial charge in [0.1, 0.15) is 12.1 Å². The van der Waals surface area contributed by atoms with Crippen LogP contribution >= 0.6 is 15.9 Å². The molecule has 0 fully saturated rings. The molecule has 0 saturated heterocycles. The van der Waals surface area contributed by atoms with Crippen molar-refractivity contribution in [1.82, 2.24) is 9.97 Å². The third-order valence-corrected chi connectivity index (χ3v) is 2.09. The van der Waals surface area contributed by atoms with E-state index in [0.717, 1.165) is 30.7 Å². The van der Waals surface area contributed by atoms with E-state index in [2.05, 4.69) is 37.7 Å². The van der Waals surface area contributed by atoms with E-state index in [-0.39, 0.29) is 0 Å². The fourth-order valence-corrected chi connectivity index (χ4v) is 1.61. The first-order valence-corrected chi connectivity index (χ1v) is 5.57. The summed E-state index contributed by atoms with van der Waals surface area (Å²) in [4.78, 5) is 10.4. The largest absolute Gasteiger partial charge is 0.356 e. The van der Waals surface area contributed by atoms with E-state index in [1.165, 1.54) is 0 Å². The summed E-state index contributed by atoms with van der Waals surface area (Å²) in [7, 11) is 0. The van der Waals surface area contributed by atoms with Crippen LogP contribution in [0.2, 0.25) is 0 Å². The van der Waals surface area contributed by atoms with E-state index in [1.54, 1.807) is 12.5 Å². The zero-order valence-corrected chi connectivity index (χ0v) is 9.37. The Hall–Kier alpha value is -0.640. The molecular weight excluding hydrogens is 230 g/mol. The van der Waals surface area contributed by atoms with Crippen molar-refractivity contribution in [2.75, 3.05) is 23.3 Å². The van der Waals surface area contributed by atoms with Crippen LogP contribution in [0.5, 0.6) is 0 Å². The molecule has 0 saturated carbocycles. The minimum absolute atomic E-state index is 0.969. The van der Waals surface area contributed by atoms with Crippen LogP contribution in [0.1, 0.15) is 13.3 Å². The van der Waals surface area contributed by atoms with Crippen molar-refractivity contribution in [1.29, 1.82) is 0 Å². The van der Waals surface area contributed by atoms with Gasteiger partial charge in [-0.2, -0.15) is 0 Å². The van der Waals surface area contributed by atoms with E-state index < -0.39 is 0 Å². The molecule has 0 aromatic carbocycles. The Morgan fingerprint density at radius 1 is 1.46 bits per heavy atom. The van der Waals surface area contributed by atoms with Crippen LogP contribution in [0.15, 0.2) is 18.6 Å². The van der Waals surface area contributed by atoms with Crippen LogP contribution in [0.3, 0.4) is 0 Å². The number of halogens is 1. The molecule has 3 nitrogen and oxygen atoms in total. The number of aromatic nitrogens is 2. The van der Waals surface area contributed by atoms with E-state index in [0.29, 0.717) is 0 Å². The first-order chi connectivity index (χ1) is 6.38. The molecule has 13 heavy (non-hydrogen) atoms. The van der Waals surface area contributed by atoms with Gasteiger partial charge in [0, 0.05) is 24.6 Å². The Balaban J connectivity index is 2.64. The molecule has 0 aliphatic heterocycles. The topological polar surface area (TPSA) is 29.0 Å². The maximum absolute atomic E-state index is 4.21. The van der Waals surface area contributed by atoms with Gasteiger partial charge in [-0.05, 0) is 12.5 Å². The average Bonchev–Trinajstić information content (AvgIpc) is 2.19. The standard InChI is InChI=1S/C9H14BrN3/c1-2-6-13(7-4-10)9-3-5-11-8-12-9/h3,5,8H,2,4,6-7H2,1H3. The van der Waals surface area contributed by atoms with Crippen LogP contribution in [-0.4, -0.2) is 28.4 Å². The molecule has 0 aliphatic rings. The van der Waals surface area contributed by atoms with Gasteiger partial charge in [0.2, 0.25) is 0 Å². The highest BCUT2D eigenvalue weighted by molar-refractivity contribution is 9.09. The van der Waals surface area contributed by atoms with Crippen LogP contribution in [0.25, 0.3) is 0 Å².